The zero-order valence-electron chi connectivity index (χ0n) is 1.88. The van der Waals surface area contributed by atoms with E-state index >= 15 is 0 Å². The van der Waals surface area contributed by atoms with Gasteiger partial charge in [0.15, 0.2) is 0 Å². The summed E-state index contributed by atoms with van der Waals surface area (Å²) in [6.07, 6.45) is 0. The van der Waals surface area contributed by atoms with Gasteiger partial charge in [0.2, 0.25) is 0 Å². The van der Waals surface area contributed by atoms with Crippen LogP contribution in [0.2, 0.25) is 0 Å². The monoisotopic (exact) mass is 91.0 g/mol. The Labute approximate surface area is 36.2 Å². The van der Waals surface area contributed by atoms with E-state index in [0.29, 0.717) is 0 Å². The molecule has 0 fully saturated rings. The molecule has 0 aromatic rings. The first kappa shape index (κ1) is 8.82. The van der Waals surface area contributed by atoms with Crippen LogP contribution in [0, 0.1) is 0 Å². The van der Waals surface area contributed by atoms with E-state index in [1.807, 2.05) is 0 Å². The van der Waals surface area contributed by atoms with Crippen LogP contribution in [0.25, 0.3) is 0 Å². The van der Waals surface area contributed by atoms with E-state index in [2.05, 4.69) is 0 Å². The van der Waals surface area contributed by atoms with Gasteiger partial charge in [-0.05, 0) is 0 Å². The fraction of sp³-hybridized carbons (Fsp3) is 0. The molecule has 0 amide bonds. The van der Waals surface area contributed by atoms with Gasteiger partial charge < -0.3 is 4.89 Å². The number of hydrogen-bond donors (Lipinski definition) is 1. The summed E-state index contributed by atoms with van der Waals surface area (Å²) < 4.78 is 8.46. The topological polar surface area (TPSA) is 37.3 Å². The van der Waals surface area contributed by atoms with Gasteiger partial charge in [-0.1, -0.05) is 0 Å². The van der Waals surface area contributed by atoms with Gasteiger partial charge in [0.25, 0.3) is 0 Å². The highest BCUT2D eigenvalue weighted by Gasteiger charge is 1.28. The maximum absolute atomic E-state index is 8.46. The van der Waals surface area contributed by atoms with Crippen molar-refractivity contribution in [3.63, 3.8) is 0 Å². The molecule has 0 aliphatic carbocycles. The van der Waals surface area contributed by atoms with Crippen LogP contribution in [0.3, 0.4) is 0 Å². The van der Waals surface area contributed by atoms with Crippen LogP contribution in [-0.2, 0) is 4.57 Å². The van der Waals surface area contributed by atoms with Gasteiger partial charge in [0, 0.05) is 17.4 Å². The summed E-state index contributed by atoms with van der Waals surface area (Å²) in [4.78, 5) is 6.99. The Balaban J connectivity index is 0. The van der Waals surface area contributed by atoms with Crippen LogP contribution >= 0.6 is 8.69 Å². The molecule has 0 aromatic carbocycles. The first-order valence-corrected chi connectivity index (χ1v) is 1.15. The third-order valence-electron chi connectivity index (χ3n) is 0. The van der Waals surface area contributed by atoms with E-state index in [1.54, 1.807) is 0 Å². The summed E-state index contributed by atoms with van der Waals surface area (Å²) in [5, 5.41) is 0. The maximum Gasteiger partial charge on any atom is 0.324 e. The normalized spacial score (nSPS) is 5.25. The molecule has 4 heavy (non-hydrogen) atoms. The lowest BCUT2D eigenvalue weighted by Crippen LogP contribution is -1.03. The highest BCUT2D eigenvalue weighted by molar-refractivity contribution is 7.16. The van der Waals surface area contributed by atoms with E-state index in [9.17, 15) is 0 Å². The third kappa shape index (κ3) is 18.7. The molecule has 0 unspecified atom stereocenters. The lowest BCUT2D eigenvalue weighted by atomic mass is 15.9. The number of rotatable bonds is 0. The first-order chi connectivity index (χ1) is 1.41. The molecule has 0 heterocycles. The lowest BCUT2D eigenvalue weighted by molar-refractivity contribution is 0.524. The molecule has 0 aliphatic rings. The molecule has 4 heteroatoms. The Morgan fingerprint density at radius 1 is 1.75 bits per heavy atom. The molecule has 0 atom stereocenters. The van der Waals surface area contributed by atoms with Gasteiger partial charge in [0.1, 0.15) is 0 Å². The van der Waals surface area contributed by atoms with Crippen molar-refractivity contribution in [2.75, 3.05) is 0 Å². The van der Waals surface area contributed by atoms with E-state index in [4.69, 9.17) is 9.46 Å². The van der Waals surface area contributed by atoms with Crippen molar-refractivity contribution in [3.8, 4) is 0 Å². The Hall–Kier alpha value is 0.592. The molecular weight excluding hydrogens is 90.0 g/mol. The van der Waals surface area contributed by atoms with Gasteiger partial charge in [-0.3, -0.25) is 0 Å². The highest BCUT2D eigenvalue weighted by atomic mass is 31.1. The second kappa shape index (κ2) is 9.52. The van der Waals surface area contributed by atoms with Crippen LogP contribution in [-0.4, -0.2) is 22.3 Å². The van der Waals surface area contributed by atoms with Crippen molar-refractivity contribution in [2.24, 2.45) is 0 Å². The Bertz CT molecular complexity index is 13.5. The quantitative estimate of drug-likeness (QED) is 0.331. The molecular formula is HAlO2P. The van der Waals surface area contributed by atoms with E-state index < -0.39 is 8.69 Å². The largest absolute Gasteiger partial charge is 0.324 e. The van der Waals surface area contributed by atoms with Gasteiger partial charge in [0.05, 0.1) is 0 Å². The van der Waals surface area contributed by atoms with Crippen LogP contribution in [0.5, 0.6) is 0 Å². The molecule has 0 aliphatic heterocycles. The Morgan fingerprint density at radius 3 is 1.75 bits per heavy atom. The van der Waals surface area contributed by atoms with Crippen molar-refractivity contribution < 1.29 is 9.46 Å². The fourth-order valence-electron chi connectivity index (χ4n) is 0. The zero-order valence-corrected chi connectivity index (χ0v) is 3.93. The van der Waals surface area contributed by atoms with Crippen LogP contribution in [0.4, 0.5) is 0 Å². The predicted molar refractivity (Wildman–Crippen MR) is 15.6 cm³/mol. The molecule has 0 saturated heterocycles. The number of hydrogen-bond acceptors (Lipinski definition) is 1. The van der Waals surface area contributed by atoms with Crippen LogP contribution in [0.15, 0.2) is 0 Å². The van der Waals surface area contributed by atoms with Crippen molar-refractivity contribution in [1.82, 2.24) is 0 Å². The SMILES string of the molecule is O=PO.[Al]. The molecule has 0 spiro atoms. The Morgan fingerprint density at radius 2 is 1.75 bits per heavy atom. The van der Waals surface area contributed by atoms with E-state index in [0.717, 1.165) is 0 Å². The lowest BCUT2D eigenvalue weighted by Gasteiger charge is -1.24. The second-order valence-electron chi connectivity index (χ2n) is 0.0816. The molecule has 2 nitrogen and oxygen atoms in total. The van der Waals surface area contributed by atoms with Gasteiger partial charge >= 0.3 is 8.69 Å². The first-order valence-electron chi connectivity index (χ1n) is 0.383. The average molecular weight is 91.0 g/mol. The van der Waals surface area contributed by atoms with Crippen molar-refractivity contribution in [3.05, 3.63) is 0 Å². The second-order valence-corrected chi connectivity index (χ2v) is 0.245. The van der Waals surface area contributed by atoms with Crippen LogP contribution in [0.1, 0.15) is 0 Å². The fourth-order valence-corrected chi connectivity index (χ4v) is 0. The molecule has 3 radical (unpaired) electrons. The van der Waals surface area contributed by atoms with Gasteiger partial charge in [-0.25, -0.2) is 4.57 Å². The summed E-state index contributed by atoms with van der Waals surface area (Å²) in [7, 11) is -0.833. The predicted octanol–water partition coefficient (Wildman–Crippen LogP) is -0.195. The molecule has 0 bridgehead atoms. The summed E-state index contributed by atoms with van der Waals surface area (Å²) >= 11 is 0. The summed E-state index contributed by atoms with van der Waals surface area (Å²) in [5.74, 6) is 0. The minimum atomic E-state index is -0.833. The van der Waals surface area contributed by atoms with Crippen LogP contribution < -0.4 is 0 Å². The summed E-state index contributed by atoms with van der Waals surface area (Å²) in [6, 6.07) is 0. The van der Waals surface area contributed by atoms with Crippen molar-refractivity contribution in [2.45, 2.75) is 0 Å². The average Bonchev–Trinajstić information content (AvgIpc) is 0.918. The van der Waals surface area contributed by atoms with E-state index in [1.165, 1.54) is 0 Å². The third-order valence-corrected chi connectivity index (χ3v) is 0. The minimum absolute atomic E-state index is 0. The van der Waals surface area contributed by atoms with Gasteiger partial charge in [-0.2, -0.15) is 0 Å². The smallest absolute Gasteiger partial charge is 0.310 e. The molecule has 1 N–H and O–H groups in total. The maximum atomic E-state index is 8.46. The molecule has 0 rings (SSSR count). The van der Waals surface area contributed by atoms with Crippen molar-refractivity contribution in [1.29, 1.82) is 0 Å². The van der Waals surface area contributed by atoms with E-state index in [-0.39, 0.29) is 17.4 Å². The Kier molecular flexibility index (Phi) is 21.0. The minimum Gasteiger partial charge on any atom is -0.310 e. The van der Waals surface area contributed by atoms with Gasteiger partial charge in [-0.15, -0.1) is 0 Å². The van der Waals surface area contributed by atoms with Crippen molar-refractivity contribution >= 4 is 26.0 Å². The molecule has 0 saturated carbocycles. The summed E-state index contributed by atoms with van der Waals surface area (Å²) in [6.45, 7) is 0. The zero-order chi connectivity index (χ0) is 2.71. The molecule has 21 valence electrons. The standard InChI is InChI=1S/Al.HO2P/c;1-3-2/h;(H,1,2). The summed E-state index contributed by atoms with van der Waals surface area (Å²) in [5.41, 5.74) is 0. The molecule has 0 aromatic heterocycles. The highest BCUT2D eigenvalue weighted by Crippen LogP contribution is 1.66.